The van der Waals surface area contributed by atoms with E-state index in [9.17, 15) is 13.2 Å². The summed E-state index contributed by atoms with van der Waals surface area (Å²) in [7, 11) is -1.95. The van der Waals surface area contributed by atoms with E-state index >= 15 is 0 Å². The van der Waals surface area contributed by atoms with Crippen LogP contribution in [0.25, 0.3) is 0 Å². The van der Waals surface area contributed by atoms with Crippen molar-refractivity contribution in [1.29, 1.82) is 0 Å². The van der Waals surface area contributed by atoms with Crippen LogP contribution < -0.4 is 4.74 Å². The molecule has 1 saturated heterocycles. The summed E-state index contributed by atoms with van der Waals surface area (Å²) >= 11 is 0. The third-order valence-corrected chi connectivity index (χ3v) is 6.64. The number of nitrogens with zero attached hydrogens (tertiary/aromatic N) is 2. The van der Waals surface area contributed by atoms with Crippen molar-refractivity contribution in [3.8, 4) is 5.75 Å². The van der Waals surface area contributed by atoms with Crippen LogP contribution in [0.2, 0.25) is 0 Å². The van der Waals surface area contributed by atoms with E-state index in [0.29, 0.717) is 31.7 Å². The smallest absolute Gasteiger partial charge is 0.243 e. The molecule has 0 atom stereocenters. The Bertz CT molecular complexity index is 919. The molecule has 2 aromatic rings. The number of hydrogen-bond donors (Lipinski definition) is 0. The van der Waals surface area contributed by atoms with Crippen molar-refractivity contribution in [2.45, 2.75) is 18.4 Å². The molecule has 0 bridgehead atoms. The Hall–Kier alpha value is -2.22. The van der Waals surface area contributed by atoms with Gasteiger partial charge in [0.15, 0.2) is 5.78 Å². The molecule has 1 fully saturated rings. The van der Waals surface area contributed by atoms with Crippen LogP contribution >= 0.6 is 0 Å². The largest absolute Gasteiger partial charge is 0.497 e. The molecule has 7 heteroatoms. The molecule has 2 aromatic carbocycles. The normalized spacial score (nSPS) is 16.2. The summed E-state index contributed by atoms with van der Waals surface area (Å²) in [6.45, 7) is 4.35. The topological polar surface area (TPSA) is 66.9 Å². The Balaban J connectivity index is 1.66. The number of carbonyl (C=O) groups excluding carboxylic acids is 1. The average Bonchev–Trinajstić information content (AvgIpc) is 2.68. The number of ether oxygens (including phenoxy) is 1. The van der Waals surface area contributed by atoms with Crippen LogP contribution in [0.4, 0.5) is 0 Å². The van der Waals surface area contributed by atoms with Gasteiger partial charge in [-0.05, 0) is 36.8 Å². The maximum Gasteiger partial charge on any atom is 0.243 e. The molecule has 0 saturated carbocycles. The first kappa shape index (κ1) is 19.5. The Kier molecular flexibility index (Phi) is 5.94. The van der Waals surface area contributed by atoms with E-state index in [-0.39, 0.29) is 10.7 Å². The third-order valence-electron chi connectivity index (χ3n) is 4.75. The lowest BCUT2D eigenvalue weighted by Crippen LogP contribution is -2.48. The lowest BCUT2D eigenvalue weighted by molar-refractivity contribution is 0.101. The molecule has 1 heterocycles. The zero-order chi connectivity index (χ0) is 19.4. The molecule has 0 unspecified atom stereocenters. The SMILES string of the molecule is COc1cccc(CN2CCN(S(=O)(=O)c3cccc(C(C)=O)c3)CC2)c1. The van der Waals surface area contributed by atoms with Gasteiger partial charge in [0.2, 0.25) is 10.0 Å². The number of benzene rings is 2. The molecule has 1 aliphatic rings. The fourth-order valence-corrected chi connectivity index (χ4v) is 4.65. The number of methoxy groups -OCH3 is 1. The predicted octanol–water partition coefficient (Wildman–Crippen LogP) is 2.40. The third kappa shape index (κ3) is 4.55. The van der Waals surface area contributed by atoms with Crippen LogP contribution in [0.3, 0.4) is 0 Å². The summed E-state index contributed by atoms with van der Waals surface area (Å²) in [5.74, 6) is 0.675. The fourth-order valence-electron chi connectivity index (χ4n) is 3.18. The van der Waals surface area contributed by atoms with E-state index < -0.39 is 10.0 Å². The van der Waals surface area contributed by atoms with E-state index in [2.05, 4.69) is 4.90 Å². The fraction of sp³-hybridized carbons (Fsp3) is 0.350. The molecule has 0 spiro atoms. The highest BCUT2D eigenvalue weighted by molar-refractivity contribution is 7.89. The van der Waals surface area contributed by atoms with Crippen molar-refractivity contribution in [1.82, 2.24) is 9.21 Å². The maximum atomic E-state index is 12.9. The Morgan fingerprint density at radius 3 is 2.41 bits per heavy atom. The summed E-state index contributed by atoms with van der Waals surface area (Å²) in [6.07, 6.45) is 0. The van der Waals surface area contributed by atoms with E-state index in [4.69, 9.17) is 4.74 Å². The molecular formula is C20H24N2O4S. The second kappa shape index (κ2) is 8.21. The van der Waals surface area contributed by atoms with E-state index in [0.717, 1.165) is 17.9 Å². The standard InChI is InChI=1S/C20H24N2O4S/c1-16(23)18-6-4-8-20(14-18)27(24,25)22-11-9-21(10-12-22)15-17-5-3-7-19(13-17)26-2/h3-8,13-14H,9-12,15H2,1-2H3. The lowest BCUT2D eigenvalue weighted by Gasteiger charge is -2.34. The van der Waals surface area contributed by atoms with Crippen molar-refractivity contribution >= 4 is 15.8 Å². The number of piperazine rings is 1. The molecule has 0 aliphatic carbocycles. The van der Waals surface area contributed by atoms with Crippen LogP contribution in [0.15, 0.2) is 53.4 Å². The number of rotatable bonds is 6. The Labute approximate surface area is 160 Å². The minimum atomic E-state index is -3.59. The maximum absolute atomic E-state index is 12.9. The highest BCUT2D eigenvalue weighted by atomic mass is 32.2. The van der Waals surface area contributed by atoms with Crippen LogP contribution in [0, 0.1) is 0 Å². The van der Waals surface area contributed by atoms with Crippen LogP contribution in [0.1, 0.15) is 22.8 Å². The van der Waals surface area contributed by atoms with Gasteiger partial charge in [-0.3, -0.25) is 9.69 Å². The number of Topliss-reactive ketones (excluding diaryl/α,β-unsaturated/α-hetero) is 1. The van der Waals surface area contributed by atoms with Crippen molar-refractivity contribution in [3.63, 3.8) is 0 Å². The van der Waals surface area contributed by atoms with Gasteiger partial charge in [0.05, 0.1) is 12.0 Å². The molecule has 0 amide bonds. The van der Waals surface area contributed by atoms with E-state index in [1.165, 1.54) is 17.3 Å². The van der Waals surface area contributed by atoms with E-state index in [1.54, 1.807) is 25.3 Å². The minimum Gasteiger partial charge on any atom is -0.497 e. The van der Waals surface area contributed by atoms with Gasteiger partial charge in [-0.15, -0.1) is 0 Å². The molecule has 0 aromatic heterocycles. The highest BCUT2D eigenvalue weighted by Gasteiger charge is 2.28. The molecule has 27 heavy (non-hydrogen) atoms. The van der Waals surface area contributed by atoms with Crippen molar-refractivity contribution in [2.24, 2.45) is 0 Å². The zero-order valence-electron chi connectivity index (χ0n) is 15.6. The van der Waals surface area contributed by atoms with Gasteiger partial charge >= 0.3 is 0 Å². The van der Waals surface area contributed by atoms with Crippen LogP contribution in [-0.2, 0) is 16.6 Å². The second-order valence-electron chi connectivity index (χ2n) is 6.62. The number of carbonyl (C=O) groups is 1. The summed E-state index contributed by atoms with van der Waals surface area (Å²) < 4.78 is 32.5. The van der Waals surface area contributed by atoms with Crippen molar-refractivity contribution in [2.75, 3.05) is 33.3 Å². The van der Waals surface area contributed by atoms with Crippen LogP contribution in [-0.4, -0.2) is 56.7 Å². The van der Waals surface area contributed by atoms with Gasteiger partial charge < -0.3 is 4.74 Å². The quantitative estimate of drug-likeness (QED) is 0.711. The first-order valence-electron chi connectivity index (χ1n) is 8.86. The summed E-state index contributed by atoms with van der Waals surface area (Å²) in [5, 5.41) is 0. The zero-order valence-corrected chi connectivity index (χ0v) is 16.4. The van der Waals surface area contributed by atoms with Gasteiger partial charge in [-0.1, -0.05) is 24.3 Å². The summed E-state index contributed by atoms with van der Waals surface area (Å²) in [4.78, 5) is 13.9. The van der Waals surface area contributed by atoms with Gasteiger partial charge in [-0.25, -0.2) is 8.42 Å². The predicted molar refractivity (Wildman–Crippen MR) is 103 cm³/mol. The highest BCUT2D eigenvalue weighted by Crippen LogP contribution is 2.20. The van der Waals surface area contributed by atoms with Crippen LogP contribution in [0.5, 0.6) is 5.75 Å². The molecule has 144 valence electrons. The molecule has 0 radical (unpaired) electrons. The Morgan fingerprint density at radius 2 is 1.74 bits per heavy atom. The van der Waals surface area contributed by atoms with Gasteiger partial charge in [-0.2, -0.15) is 4.31 Å². The summed E-state index contributed by atoms with van der Waals surface area (Å²) in [6, 6.07) is 14.1. The Morgan fingerprint density at radius 1 is 1.04 bits per heavy atom. The first-order valence-corrected chi connectivity index (χ1v) is 10.3. The minimum absolute atomic E-state index is 0.143. The van der Waals surface area contributed by atoms with Gasteiger partial charge in [0.1, 0.15) is 5.75 Å². The molecular weight excluding hydrogens is 364 g/mol. The average molecular weight is 388 g/mol. The van der Waals surface area contributed by atoms with Gasteiger partial charge in [0.25, 0.3) is 0 Å². The molecule has 6 nitrogen and oxygen atoms in total. The molecule has 3 rings (SSSR count). The number of ketones is 1. The lowest BCUT2D eigenvalue weighted by atomic mass is 10.2. The van der Waals surface area contributed by atoms with Crippen molar-refractivity contribution in [3.05, 3.63) is 59.7 Å². The first-order chi connectivity index (χ1) is 12.9. The molecule has 0 N–H and O–H groups in total. The van der Waals surface area contributed by atoms with E-state index in [1.807, 2.05) is 24.3 Å². The number of hydrogen-bond acceptors (Lipinski definition) is 5. The summed E-state index contributed by atoms with van der Waals surface area (Å²) in [5.41, 5.74) is 1.55. The monoisotopic (exact) mass is 388 g/mol. The molecule has 1 aliphatic heterocycles. The van der Waals surface area contributed by atoms with Crippen molar-refractivity contribution < 1.29 is 17.9 Å². The second-order valence-corrected chi connectivity index (χ2v) is 8.55. The number of sulfonamides is 1. The van der Waals surface area contributed by atoms with Gasteiger partial charge in [0, 0.05) is 38.3 Å².